The van der Waals surface area contributed by atoms with Gasteiger partial charge < -0.3 is 0 Å². The molecular formula is C20H13FOSe. The number of hydrogen-bond acceptors (Lipinski definition) is 1. The van der Waals surface area contributed by atoms with E-state index in [2.05, 4.69) is 6.07 Å². The number of benzene rings is 3. The second-order valence-electron chi connectivity index (χ2n) is 5.18. The summed E-state index contributed by atoms with van der Waals surface area (Å²) in [7, 11) is 0. The van der Waals surface area contributed by atoms with Gasteiger partial charge in [0.2, 0.25) is 0 Å². The van der Waals surface area contributed by atoms with Crippen molar-refractivity contribution in [2.24, 2.45) is 0 Å². The zero-order valence-electron chi connectivity index (χ0n) is 12.2. The van der Waals surface area contributed by atoms with E-state index < -0.39 is 0 Å². The van der Waals surface area contributed by atoms with Crippen molar-refractivity contribution in [3.8, 4) is 11.3 Å². The maximum atomic E-state index is 13.5. The number of furan rings is 1. The van der Waals surface area contributed by atoms with Crippen LogP contribution in [-0.4, -0.2) is 15.0 Å². The molecule has 0 spiro atoms. The average molecular weight is 367 g/mol. The van der Waals surface area contributed by atoms with Crippen LogP contribution in [0.2, 0.25) is 0 Å². The molecule has 1 nitrogen and oxygen atoms in total. The van der Waals surface area contributed by atoms with Crippen molar-refractivity contribution in [2.45, 2.75) is 0 Å². The SMILES string of the molecule is Fc1cccc([Se]c2c(-c3ccccc3)oc3ccccc23)c1. The van der Waals surface area contributed by atoms with Crippen molar-refractivity contribution in [3.63, 3.8) is 0 Å². The number of halogens is 1. The fraction of sp³-hybridized carbons (Fsp3) is 0. The molecule has 0 saturated carbocycles. The molecule has 0 saturated heterocycles. The number of fused-ring (bicyclic) bond motifs is 1. The molecule has 0 radical (unpaired) electrons. The summed E-state index contributed by atoms with van der Waals surface area (Å²) >= 11 is -0.0279. The van der Waals surface area contributed by atoms with E-state index in [-0.39, 0.29) is 20.8 Å². The van der Waals surface area contributed by atoms with E-state index in [0.29, 0.717) is 0 Å². The Morgan fingerprint density at radius 3 is 2.39 bits per heavy atom. The van der Waals surface area contributed by atoms with Gasteiger partial charge in [0.15, 0.2) is 0 Å². The summed E-state index contributed by atoms with van der Waals surface area (Å²) < 4.78 is 21.8. The number of hydrogen-bond donors (Lipinski definition) is 0. The van der Waals surface area contributed by atoms with Crippen molar-refractivity contribution in [1.82, 2.24) is 0 Å². The van der Waals surface area contributed by atoms with Gasteiger partial charge in [-0.3, -0.25) is 0 Å². The van der Waals surface area contributed by atoms with Crippen LogP contribution in [0.15, 0.2) is 83.3 Å². The van der Waals surface area contributed by atoms with Crippen molar-refractivity contribution in [3.05, 3.63) is 84.7 Å². The molecule has 1 aromatic heterocycles. The molecule has 0 unspecified atom stereocenters. The van der Waals surface area contributed by atoms with Crippen molar-refractivity contribution < 1.29 is 8.81 Å². The van der Waals surface area contributed by atoms with Crippen LogP contribution in [0.25, 0.3) is 22.3 Å². The third kappa shape index (κ3) is 2.81. The van der Waals surface area contributed by atoms with Gasteiger partial charge in [-0.2, -0.15) is 0 Å². The minimum absolute atomic E-state index is 0.0279. The summed E-state index contributed by atoms with van der Waals surface area (Å²) in [5, 5.41) is 1.11. The van der Waals surface area contributed by atoms with Gasteiger partial charge in [0.1, 0.15) is 0 Å². The van der Waals surface area contributed by atoms with Gasteiger partial charge in [-0.05, 0) is 0 Å². The topological polar surface area (TPSA) is 13.1 Å². The first-order chi connectivity index (χ1) is 11.3. The van der Waals surface area contributed by atoms with Crippen LogP contribution in [0.5, 0.6) is 0 Å². The van der Waals surface area contributed by atoms with E-state index in [1.807, 2.05) is 54.6 Å². The predicted molar refractivity (Wildman–Crippen MR) is 93.1 cm³/mol. The van der Waals surface area contributed by atoms with E-state index >= 15 is 0 Å². The summed E-state index contributed by atoms with van der Waals surface area (Å²) in [6.07, 6.45) is 0. The Labute approximate surface area is 139 Å². The van der Waals surface area contributed by atoms with Crippen molar-refractivity contribution in [2.75, 3.05) is 0 Å². The maximum absolute atomic E-state index is 13.5. The third-order valence-corrected chi connectivity index (χ3v) is 5.91. The Morgan fingerprint density at radius 1 is 0.783 bits per heavy atom. The second kappa shape index (κ2) is 6.04. The predicted octanol–water partition coefficient (Wildman–Crippen LogP) is 3.89. The van der Waals surface area contributed by atoms with Crippen LogP contribution < -0.4 is 8.92 Å². The minimum atomic E-state index is -0.196. The molecule has 0 fully saturated rings. The van der Waals surface area contributed by atoms with E-state index in [1.54, 1.807) is 12.1 Å². The Balaban J connectivity index is 1.89. The van der Waals surface area contributed by atoms with Gasteiger partial charge in [0.25, 0.3) is 0 Å². The quantitative estimate of drug-likeness (QED) is 0.501. The standard InChI is InChI=1S/C20H13FOSe/c21-15-9-6-10-16(13-15)23-20-17-11-4-5-12-18(17)22-19(20)14-7-2-1-3-8-14/h1-13H. The van der Waals surface area contributed by atoms with Crippen molar-refractivity contribution in [1.29, 1.82) is 0 Å². The summed E-state index contributed by atoms with van der Waals surface area (Å²) in [6, 6.07) is 24.9. The zero-order valence-corrected chi connectivity index (χ0v) is 13.9. The Bertz CT molecular complexity index is 960. The number of para-hydroxylation sites is 1. The van der Waals surface area contributed by atoms with Crippen LogP contribution in [0.1, 0.15) is 0 Å². The fourth-order valence-corrected chi connectivity index (χ4v) is 4.83. The van der Waals surface area contributed by atoms with Crippen LogP contribution in [0, 0.1) is 5.82 Å². The molecule has 0 N–H and O–H groups in total. The van der Waals surface area contributed by atoms with E-state index in [1.165, 1.54) is 6.07 Å². The van der Waals surface area contributed by atoms with Crippen LogP contribution in [0.3, 0.4) is 0 Å². The van der Waals surface area contributed by atoms with Gasteiger partial charge in [0, 0.05) is 0 Å². The molecule has 0 atom stereocenters. The van der Waals surface area contributed by atoms with E-state index in [0.717, 1.165) is 31.2 Å². The van der Waals surface area contributed by atoms with Gasteiger partial charge >= 0.3 is 140 Å². The summed E-state index contributed by atoms with van der Waals surface area (Å²) in [5.41, 5.74) is 1.93. The van der Waals surface area contributed by atoms with Gasteiger partial charge in [-0.25, -0.2) is 0 Å². The average Bonchev–Trinajstić information content (AvgIpc) is 2.95. The third-order valence-electron chi connectivity index (χ3n) is 3.60. The molecule has 3 aromatic carbocycles. The summed E-state index contributed by atoms with van der Waals surface area (Å²) in [4.78, 5) is 0. The monoisotopic (exact) mass is 368 g/mol. The zero-order chi connectivity index (χ0) is 15.6. The van der Waals surface area contributed by atoms with Crippen LogP contribution in [0.4, 0.5) is 4.39 Å². The summed E-state index contributed by atoms with van der Waals surface area (Å²) in [5.74, 6) is 0.689. The van der Waals surface area contributed by atoms with Gasteiger partial charge in [0.05, 0.1) is 0 Å². The Hall–Kier alpha value is -2.35. The second-order valence-corrected chi connectivity index (χ2v) is 7.46. The molecule has 4 rings (SSSR count). The Morgan fingerprint density at radius 2 is 1.57 bits per heavy atom. The van der Waals surface area contributed by atoms with Crippen LogP contribution in [-0.2, 0) is 0 Å². The van der Waals surface area contributed by atoms with Gasteiger partial charge in [-0.15, -0.1) is 0 Å². The normalized spacial score (nSPS) is 11.0. The molecule has 0 amide bonds. The molecule has 0 aliphatic heterocycles. The molecule has 23 heavy (non-hydrogen) atoms. The molecular weight excluding hydrogens is 354 g/mol. The number of rotatable bonds is 3. The van der Waals surface area contributed by atoms with Gasteiger partial charge in [-0.1, -0.05) is 0 Å². The Kier molecular flexibility index (Phi) is 3.74. The van der Waals surface area contributed by atoms with Crippen molar-refractivity contribution >= 4 is 34.8 Å². The fourth-order valence-electron chi connectivity index (χ4n) is 2.55. The molecule has 4 aromatic rings. The molecule has 0 bridgehead atoms. The van der Waals surface area contributed by atoms with Crippen LogP contribution >= 0.6 is 0 Å². The molecule has 0 aliphatic carbocycles. The molecule has 3 heteroatoms. The van der Waals surface area contributed by atoms with E-state index in [9.17, 15) is 4.39 Å². The molecule has 1 heterocycles. The molecule has 0 aliphatic rings. The molecule has 112 valence electrons. The van der Waals surface area contributed by atoms with E-state index in [4.69, 9.17) is 4.42 Å². The first-order valence-electron chi connectivity index (χ1n) is 7.31. The first-order valence-corrected chi connectivity index (χ1v) is 9.03. The first kappa shape index (κ1) is 14.3. The summed E-state index contributed by atoms with van der Waals surface area (Å²) in [6.45, 7) is 0.